The Morgan fingerprint density at radius 1 is 1.03 bits per heavy atom. The number of nitrogens with one attached hydrogen (secondary N) is 2. The van der Waals surface area contributed by atoms with Gasteiger partial charge < -0.3 is 20.5 Å². The van der Waals surface area contributed by atoms with Gasteiger partial charge in [0.25, 0.3) is 0 Å². The van der Waals surface area contributed by atoms with Crippen LogP contribution in [0.1, 0.15) is 56.1 Å². The van der Waals surface area contributed by atoms with Crippen molar-refractivity contribution >= 4 is 18.0 Å². The molecule has 2 amide bonds. The molecule has 1 unspecified atom stereocenters. The van der Waals surface area contributed by atoms with Crippen LogP contribution < -0.4 is 10.6 Å². The monoisotopic (exact) mass is 464 g/mol. The van der Waals surface area contributed by atoms with E-state index in [1.165, 1.54) is 22.3 Å². The Hall–Kier alpha value is -3.35. The van der Waals surface area contributed by atoms with E-state index in [2.05, 4.69) is 34.9 Å². The summed E-state index contributed by atoms with van der Waals surface area (Å²) < 4.78 is 5.62. The van der Waals surface area contributed by atoms with Crippen LogP contribution >= 0.6 is 0 Å². The van der Waals surface area contributed by atoms with Gasteiger partial charge in [-0.05, 0) is 53.9 Å². The van der Waals surface area contributed by atoms with Gasteiger partial charge in [0, 0.05) is 30.8 Å². The average molecular weight is 465 g/mol. The molecule has 0 radical (unpaired) electrons. The zero-order valence-electron chi connectivity index (χ0n) is 19.5. The van der Waals surface area contributed by atoms with Gasteiger partial charge >= 0.3 is 12.1 Å². The average Bonchev–Trinajstić information content (AvgIpc) is 3.40. The predicted octanol–water partition coefficient (Wildman–Crippen LogP) is 4.31. The maximum Gasteiger partial charge on any atom is 0.407 e. The lowest BCUT2D eigenvalue weighted by atomic mass is 9.98. The Morgan fingerprint density at radius 2 is 1.68 bits per heavy atom. The summed E-state index contributed by atoms with van der Waals surface area (Å²) in [5, 5.41) is 14.7. The van der Waals surface area contributed by atoms with E-state index in [1.807, 2.05) is 31.2 Å². The van der Waals surface area contributed by atoms with Gasteiger partial charge in [-0.3, -0.25) is 9.59 Å². The third-order valence-corrected chi connectivity index (χ3v) is 6.93. The fourth-order valence-corrected chi connectivity index (χ4v) is 5.14. The predicted molar refractivity (Wildman–Crippen MR) is 128 cm³/mol. The van der Waals surface area contributed by atoms with Gasteiger partial charge in [0.05, 0.1) is 0 Å². The van der Waals surface area contributed by atoms with Crippen LogP contribution in [0.15, 0.2) is 48.5 Å². The summed E-state index contributed by atoms with van der Waals surface area (Å²) in [6.07, 6.45) is 2.32. The van der Waals surface area contributed by atoms with E-state index in [-0.39, 0.29) is 42.7 Å². The summed E-state index contributed by atoms with van der Waals surface area (Å²) in [6, 6.07) is 16.4. The summed E-state index contributed by atoms with van der Waals surface area (Å²) in [4.78, 5) is 35.7. The minimum atomic E-state index is -0.822. The van der Waals surface area contributed by atoms with Gasteiger partial charge in [-0.25, -0.2) is 4.79 Å². The highest BCUT2D eigenvalue weighted by molar-refractivity contribution is 5.80. The number of carbonyl (C=O) groups is 3. The molecule has 7 nitrogen and oxygen atoms in total. The normalized spacial score (nSPS) is 19.7. The van der Waals surface area contributed by atoms with E-state index in [1.54, 1.807) is 0 Å². The van der Waals surface area contributed by atoms with Gasteiger partial charge in [-0.2, -0.15) is 0 Å². The van der Waals surface area contributed by atoms with Crippen LogP contribution in [0, 0.1) is 11.8 Å². The molecule has 180 valence electrons. The molecule has 0 spiro atoms. The van der Waals surface area contributed by atoms with E-state index in [9.17, 15) is 14.4 Å². The number of hydrogen-bond donors (Lipinski definition) is 3. The van der Waals surface area contributed by atoms with Crippen LogP contribution in [0.5, 0.6) is 0 Å². The number of aliphatic carboxylic acids is 1. The van der Waals surface area contributed by atoms with Crippen LogP contribution in [0.2, 0.25) is 0 Å². The standard InChI is InChI=1S/C27H32N2O5/c1-17(14-25(30)31)12-13-28-26(32)18-10-11-19(15-18)29-27(33)34-16-24-22-8-4-2-6-20(22)21-7-3-5-9-23(21)24/h2-9,17-19,24H,10-16H2,1H3,(H,28,32)(H,29,33)(H,30,31)/t17?,18-,19+/m1/s1. The van der Waals surface area contributed by atoms with Crippen LogP contribution in [0.4, 0.5) is 4.79 Å². The number of benzene rings is 2. The Balaban J connectivity index is 1.22. The van der Waals surface area contributed by atoms with Crippen molar-refractivity contribution in [2.24, 2.45) is 11.8 Å². The van der Waals surface area contributed by atoms with Crippen LogP contribution in [-0.4, -0.2) is 42.3 Å². The Bertz CT molecular complexity index is 1010. The number of fused-ring (bicyclic) bond motifs is 3. The highest BCUT2D eigenvalue weighted by Gasteiger charge is 2.32. The molecule has 1 saturated carbocycles. The molecule has 0 bridgehead atoms. The highest BCUT2D eigenvalue weighted by atomic mass is 16.5. The first-order chi connectivity index (χ1) is 16.4. The smallest absolute Gasteiger partial charge is 0.407 e. The van der Waals surface area contributed by atoms with E-state index >= 15 is 0 Å². The molecule has 0 aliphatic heterocycles. The molecule has 34 heavy (non-hydrogen) atoms. The van der Waals surface area contributed by atoms with Crippen molar-refractivity contribution in [3.63, 3.8) is 0 Å². The number of carboxylic acids is 1. The number of hydrogen-bond acceptors (Lipinski definition) is 4. The second-order valence-corrected chi connectivity index (χ2v) is 9.46. The Labute approximate surface area is 199 Å². The maximum absolute atomic E-state index is 12.5. The third-order valence-electron chi connectivity index (χ3n) is 6.93. The summed E-state index contributed by atoms with van der Waals surface area (Å²) >= 11 is 0. The van der Waals surface area contributed by atoms with E-state index in [4.69, 9.17) is 9.84 Å². The summed E-state index contributed by atoms with van der Waals surface area (Å²) in [7, 11) is 0. The highest BCUT2D eigenvalue weighted by Crippen LogP contribution is 2.44. The molecule has 0 heterocycles. The maximum atomic E-state index is 12.5. The van der Waals surface area contributed by atoms with E-state index < -0.39 is 12.1 Å². The molecule has 0 saturated heterocycles. The lowest BCUT2D eigenvalue weighted by Crippen LogP contribution is -2.36. The Morgan fingerprint density at radius 3 is 2.32 bits per heavy atom. The van der Waals surface area contributed by atoms with Crippen LogP contribution in [0.3, 0.4) is 0 Å². The Kier molecular flexibility index (Phi) is 7.50. The second kappa shape index (κ2) is 10.7. The van der Waals surface area contributed by atoms with Gasteiger partial charge in [0.15, 0.2) is 0 Å². The molecular weight excluding hydrogens is 432 g/mol. The number of ether oxygens (including phenoxy) is 1. The lowest BCUT2D eigenvalue weighted by molar-refractivity contribution is -0.138. The minimum absolute atomic E-state index is 0.0174. The summed E-state index contributed by atoms with van der Waals surface area (Å²) in [5.41, 5.74) is 4.72. The fraction of sp³-hybridized carbons (Fsp3) is 0.444. The fourth-order valence-electron chi connectivity index (χ4n) is 5.14. The summed E-state index contributed by atoms with van der Waals surface area (Å²) in [5.74, 6) is -0.960. The summed E-state index contributed by atoms with van der Waals surface area (Å²) in [6.45, 7) is 2.60. The lowest BCUT2D eigenvalue weighted by Gasteiger charge is -2.17. The molecular formula is C27H32N2O5. The number of rotatable bonds is 9. The van der Waals surface area contributed by atoms with Crippen molar-refractivity contribution < 1.29 is 24.2 Å². The number of carbonyl (C=O) groups excluding carboxylic acids is 2. The molecule has 2 aliphatic carbocycles. The molecule has 2 aromatic carbocycles. The first-order valence-electron chi connectivity index (χ1n) is 12.0. The molecule has 2 aromatic rings. The van der Waals surface area contributed by atoms with E-state index in [0.717, 1.165) is 6.42 Å². The molecule has 0 aromatic heterocycles. The molecule has 4 rings (SSSR count). The first-order valence-corrected chi connectivity index (χ1v) is 12.0. The van der Waals surface area contributed by atoms with Gasteiger partial charge in [0.1, 0.15) is 6.61 Å². The quantitative estimate of drug-likeness (QED) is 0.513. The first kappa shape index (κ1) is 23.8. The molecule has 3 N–H and O–H groups in total. The molecule has 2 aliphatic rings. The second-order valence-electron chi connectivity index (χ2n) is 9.46. The van der Waals surface area contributed by atoms with Crippen molar-refractivity contribution in [2.75, 3.05) is 13.2 Å². The van der Waals surface area contributed by atoms with Crippen molar-refractivity contribution in [1.82, 2.24) is 10.6 Å². The molecule has 1 fully saturated rings. The van der Waals surface area contributed by atoms with Gasteiger partial charge in [-0.15, -0.1) is 0 Å². The molecule has 3 atom stereocenters. The van der Waals surface area contributed by atoms with Crippen molar-refractivity contribution in [3.05, 3.63) is 59.7 Å². The van der Waals surface area contributed by atoms with E-state index in [0.29, 0.717) is 25.8 Å². The van der Waals surface area contributed by atoms with Crippen LogP contribution in [-0.2, 0) is 14.3 Å². The topological polar surface area (TPSA) is 105 Å². The zero-order chi connectivity index (χ0) is 24.1. The van der Waals surface area contributed by atoms with Crippen molar-refractivity contribution in [3.8, 4) is 11.1 Å². The van der Waals surface area contributed by atoms with Gasteiger partial charge in [-0.1, -0.05) is 55.5 Å². The van der Waals surface area contributed by atoms with Crippen molar-refractivity contribution in [1.29, 1.82) is 0 Å². The number of alkyl carbamates (subject to hydrolysis) is 1. The molecule has 7 heteroatoms. The number of amides is 2. The largest absolute Gasteiger partial charge is 0.481 e. The number of carboxylic acid groups (broad SMARTS) is 1. The van der Waals surface area contributed by atoms with Gasteiger partial charge in [0.2, 0.25) is 5.91 Å². The minimum Gasteiger partial charge on any atom is -0.481 e. The SMILES string of the molecule is CC(CCNC(=O)[C@@H]1CC[C@H](NC(=O)OCC2c3ccccc3-c3ccccc32)C1)CC(=O)O. The zero-order valence-corrected chi connectivity index (χ0v) is 19.5. The van der Waals surface area contributed by atoms with Crippen molar-refractivity contribution in [2.45, 2.75) is 51.0 Å². The van der Waals surface area contributed by atoms with Crippen LogP contribution in [0.25, 0.3) is 11.1 Å². The third kappa shape index (κ3) is 5.58.